The van der Waals surface area contributed by atoms with Crippen molar-refractivity contribution in [2.45, 2.75) is 27.2 Å². The summed E-state index contributed by atoms with van der Waals surface area (Å²) in [5.74, 6) is 0.265. The highest BCUT2D eigenvalue weighted by atomic mass is 16.2. The van der Waals surface area contributed by atoms with Gasteiger partial charge in [-0.1, -0.05) is 32.9 Å². The Hall–Kier alpha value is -1.55. The summed E-state index contributed by atoms with van der Waals surface area (Å²) in [6.45, 7) is 10.6. The molecule has 0 aromatic heterocycles. The lowest BCUT2D eigenvalue weighted by Gasteiger charge is -2.37. The van der Waals surface area contributed by atoms with Crippen LogP contribution in [0.4, 0.5) is 5.69 Å². The molecule has 0 spiro atoms. The monoisotopic (exact) mass is 289 g/mol. The van der Waals surface area contributed by atoms with Gasteiger partial charge < -0.3 is 10.6 Å². The third-order valence-corrected chi connectivity index (χ3v) is 4.00. The number of hydrogen-bond acceptors (Lipinski definition) is 3. The van der Waals surface area contributed by atoms with Gasteiger partial charge in [-0.05, 0) is 24.1 Å². The van der Waals surface area contributed by atoms with Crippen LogP contribution in [0.25, 0.3) is 0 Å². The predicted molar refractivity (Wildman–Crippen MR) is 87.0 cm³/mol. The number of nitrogens with zero attached hydrogens (tertiary/aromatic N) is 2. The standard InChI is InChI=1S/C17H27N3O/c1-17(2,3)16(21)20-12-10-19(11-13-20)9-8-14-4-6-15(18)7-5-14/h4-7H,8-13,18H2,1-3H3. The smallest absolute Gasteiger partial charge is 0.228 e. The van der Waals surface area contributed by atoms with E-state index in [0.29, 0.717) is 0 Å². The normalized spacial score (nSPS) is 17.0. The van der Waals surface area contributed by atoms with E-state index in [9.17, 15) is 4.79 Å². The van der Waals surface area contributed by atoms with Crippen LogP contribution >= 0.6 is 0 Å². The quantitative estimate of drug-likeness (QED) is 0.866. The van der Waals surface area contributed by atoms with Gasteiger partial charge in [0.2, 0.25) is 5.91 Å². The highest BCUT2D eigenvalue weighted by Gasteiger charge is 2.29. The summed E-state index contributed by atoms with van der Waals surface area (Å²) < 4.78 is 0. The fourth-order valence-corrected chi connectivity index (χ4v) is 2.62. The van der Waals surface area contributed by atoms with E-state index in [-0.39, 0.29) is 11.3 Å². The first-order chi connectivity index (χ1) is 9.86. The Kier molecular flexibility index (Phi) is 4.88. The molecule has 0 unspecified atom stereocenters. The molecule has 116 valence electrons. The molecule has 0 saturated carbocycles. The first-order valence-corrected chi connectivity index (χ1v) is 7.72. The summed E-state index contributed by atoms with van der Waals surface area (Å²) in [4.78, 5) is 16.7. The van der Waals surface area contributed by atoms with Crippen LogP contribution in [0.15, 0.2) is 24.3 Å². The summed E-state index contributed by atoms with van der Waals surface area (Å²) in [6, 6.07) is 8.09. The largest absolute Gasteiger partial charge is 0.399 e. The van der Waals surface area contributed by atoms with Gasteiger partial charge in [0.15, 0.2) is 0 Å². The number of rotatable bonds is 3. The van der Waals surface area contributed by atoms with E-state index in [1.54, 1.807) is 0 Å². The van der Waals surface area contributed by atoms with Crippen LogP contribution in [0.2, 0.25) is 0 Å². The molecular weight excluding hydrogens is 262 g/mol. The van der Waals surface area contributed by atoms with Gasteiger partial charge in [0.05, 0.1) is 0 Å². The van der Waals surface area contributed by atoms with Gasteiger partial charge >= 0.3 is 0 Å². The fraction of sp³-hybridized carbons (Fsp3) is 0.588. The summed E-state index contributed by atoms with van der Waals surface area (Å²) >= 11 is 0. The van der Waals surface area contributed by atoms with Gasteiger partial charge in [0.25, 0.3) is 0 Å². The first kappa shape index (κ1) is 15.8. The molecule has 1 aromatic rings. The molecule has 2 rings (SSSR count). The van der Waals surface area contributed by atoms with Crippen molar-refractivity contribution in [3.63, 3.8) is 0 Å². The summed E-state index contributed by atoms with van der Waals surface area (Å²) in [5, 5.41) is 0. The number of nitrogens with two attached hydrogens (primary N) is 1. The molecule has 0 radical (unpaired) electrons. The van der Waals surface area contributed by atoms with Crippen molar-refractivity contribution in [3.05, 3.63) is 29.8 Å². The minimum absolute atomic E-state index is 0.265. The van der Waals surface area contributed by atoms with Gasteiger partial charge in [0, 0.05) is 43.8 Å². The van der Waals surface area contributed by atoms with Gasteiger partial charge in [-0.25, -0.2) is 0 Å². The topological polar surface area (TPSA) is 49.6 Å². The Morgan fingerprint density at radius 1 is 1.10 bits per heavy atom. The predicted octanol–water partition coefficient (Wildman–Crippen LogP) is 2.00. The average Bonchev–Trinajstić information content (AvgIpc) is 2.45. The number of benzene rings is 1. The molecule has 1 saturated heterocycles. The molecule has 1 aromatic carbocycles. The second kappa shape index (κ2) is 6.48. The molecule has 1 heterocycles. The molecule has 2 N–H and O–H groups in total. The fourth-order valence-electron chi connectivity index (χ4n) is 2.62. The zero-order chi connectivity index (χ0) is 15.5. The van der Waals surface area contributed by atoms with Crippen LogP contribution in [-0.2, 0) is 11.2 Å². The van der Waals surface area contributed by atoms with Gasteiger partial charge in [-0.2, -0.15) is 0 Å². The third-order valence-electron chi connectivity index (χ3n) is 4.00. The number of carbonyl (C=O) groups excluding carboxylic acids is 1. The van der Waals surface area contributed by atoms with Crippen LogP contribution < -0.4 is 5.73 Å². The SMILES string of the molecule is CC(C)(C)C(=O)N1CCN(CCc2ccc(N)cc2)CC1. The number of piperazine rings is 1. The zero-order valence-electron chi connectivity index (χ0n) is 13.4. The summed E-state index contributed by atoms with van der Waals surface area (Å²) in [7, 11) is 0. The van der Waals surface area contributed by atoms with Crippen molar-refractivity contribution < 1.29 is 4.79 Å². The third kappa shape index (κ3) is 4.46. The van der Waals surface area contributed by atoms with E-state index in [1.807, 2.05) is 37.8 Å². The lowest BCUT2D eigenvalue weighted by Crippen LogP contribution is -2.51. The minimum atomic E-state index is -0.272. The molecule has 1 amide bonds. The Bertz CT molecular complexity index is 468. The lowest BCUT2D eigenvalue weighted by molar-refractivity contribution is -0.141. The Morgan fingerprint density at radius 3 is 2.19 bits per heavy atom. The van der Waals surface area contributed by atoms with Crippen LogP contribution in [0.5, 0.6) is 0 Å². The maximum absolute atomic E-state index is 12.2. The Morgan fingerprint density at radius 2 is 1.67 bits per heavy atom. The molecule has 0 atom stereocenters. The molecule has 1 aliphatic heterocycles. The Labute approximate surface area is 127 Å². The van der Waals surface area contributed by atoms with Crippen molar-refractivity contribution in [3.8, 4) is 0 Å². The number of hydrogen-bond donors (Lipinski definition) is 1. The zero-order valence-corrected chi connectivity index (χ0v) is 13.4. The second-order valence-electron chi connectivity index (χ2n) is 6.88. The van der Waals surface area contributed by atoms with Gasteiger partial charge in [-0.15, -0.1) is 0 Å². The maximum atomic E-state index is 12.2. The lowest BCUT2D eigenvalue weighted by atomic mass is 9.94. The number of nitrogen functional groups attached to an aromatic ring is 1. The van der Waals surface area contributed by atoms with Crippen molar-refractivity contribution in [2.75, 3.05) is 38.5 Å². The van der Waals surface area contributed by atoms with E-state index >= 15 is 0 Å². The second-order valence-corrected chi connectivity index (χ2v) is 6.88. The number of amides is 1. The molecule has 4 heteroatoms. The molecular formula is C17H27N3O. The molecule has 1 aliphatic rings. The highest BCUT2D eigenvalue weighted by Crippen LogP contribution is 2.18. The van der Waals surface area contributed by atoms with Crippen LogP contribution in [0.3, 0.4) is 0 Å². The van der Waals surface area contributed by atoms with E-state index in [1.165, 1.54) is 5.56 Å². The van der Waals surface area contributed by atoms with Crippen LogP contribution in [0.1, 0.15) is 26.3 Å². The molecule has 1 fully saturated rings. The van der Waals surface area contributed by atoms with E-state index in [0.717, 1.165) is 44.8 Å². The van der Waals surface area contributed by atoms with Crippen molar-refractivity contribution >= 4 is 11.6 Å². The van der Waals surface area contributed by atoms with E-state index < -0.39 is 0 Å². The summed E-state index contributed by atoms with van der Waals surface area (Å²) in [6.07, 6.45) is 1.04. The molecule has 21 heavy (non-hydrogen) atoms. The van der Waals surface area contributed by atoms with Crippen LogP contribution in [0, 0.1) is 5.41 Å². The minimum Gasteiger partial charge on any atom is -0.399 e. The van der Waals surface area contributed by atoms with E-state index in [2.05, 4.69) is 17.0 Å². The van der Waals surface area contributed by atoms with Crippen molar-refractivity contribution in [1.29, 1.82) is 0 Å². The van der Waals surface area contributed by atoms with Crippen LogP contribution in [-0.4, -0.2) is 48.4 Å². The number of anilines is 1. The average molecular weight is 289 g/mol. The number of carbonyl (C=O) groups is 1. The molecule has 4 nitrogen and oxygen atoms in total. The van der Waals surface area contributed by atoms with Crippen molar-refractivity contribution in [2.24, 2.45) is 5.41 Å². The van der Waals surface area contributed by atoms with Crippen molar-refractivity contribution in [1.82, 2.24) is 9.80 Å². The van der Waals surface area contributed by atoms with Gasteiger partial charge in [0.1, 0.15) is 0 Å². The Balaban J connectivity index is 1.77. The summed E-state index contributed by atoms with van der Waals surface area (Å²) in [5.41, 5.74) is 7.55. The molecule has 0 aliphatic carbocycles. The maximum Gasteiger partial charge on any atom is 0.228 e. The first-order valence-electron chi connectivity index (χ1n) is 7.72. The highest BCUT2D eigenvalue weighted by molar-refractivity contribution is 5.81. The molecule has 0 bridgehead atoms. The van der Waals surface area contributed by atoms with Gasteiger partial charge in [-0.3, -0.25) is 9.69 Å². The van der Waals surface area contributed by atoms with E-state index in [4.69, 9.17) is 5.73 Å².